The van der Waals surface area contributed by atoms with Gasteiger partial charge in [-0.05, 0) is 32.6 Å². The zero-order valence-corrected chi connectivity index (χ0v) is 8.16. The molecule has 0 bridgehead atoms. The number of carbonyl (C=O) groups is 1. The average Bonchev–Trinajstić information content (AvgIpc) is 2.03. The molecule has 0 aromatic heterocycles. The van der Waals surface area contributed by atoms with Crippen LogP contribution in [0.15, 0.2) is 0 Å². The Hall–Kier alpha value is -0.770. The molecule has 76 valence electrons. The van der Waals surface area contributed by atoms with Crippen LogP contribution in [-0.2, 0) is 0 Å². The van der Waals surface area contributed by atoms with Crippen LogP contribution in [0, 0.1) is 0 Å². The van der Waals surface area contributed by atoms with Gasteiger partial charge in [-0.1, -0.05) is 0 Å². The molecule has 0 saturated heterocycles. The Balaban J connectivity index is 2.45. The number of aliphatic hydroxyl groups is 1. The number of amides is 1. The van der Waals surface area contributed by atoms with E-state index in [1.54, 1.807) is 7.05 Å². The lowest BCUT2D eigenvalue weighted by Crippen LogP contribution is -2.42. The van der Waals surface area contributed by atoms with Crippen molar-refractivity contribution in [3.63, 3.8) is 0 Å². The van der Waals surface area contributed by atoms with Crippen molar-refractivity contribution in [3.8, 4) is 0 Å². The van der Waals surface area contributed by atoms with Gasteiger partial charge in [-0.25, -0.2) is 4.79 Å². The molecule has 1 aliphatic rings. The van der Waals surface area contributed by atoms with E-state index in [0.29, 0.717) is 12.8 Å². The van der Waals surface area contributed by atoms with Crippen LogP contribution >= 0.6 is 0 Å². The van der Waals surface area contributed by atoms with Gasteiger partial charge in [-0.2, -0.15) is 0 Å². The maximum Gasteiger partial charge on any atom is 0.407 e. The molecule has 1 fully saturated rings. The molecule has 0 heterocycles. The third-order valence-electron chi connectivity index (χ3n) is 2.88. The van der Waals surface area contributed by atoms with Gasteiger partial charge in [0, 0.05) is 13.1 Å². The molecule has 0 aromatic carbocycles. The van der Waals surface area contributed by atoms with Crippen molar-refractivity contribution in [2.45, 2.75) is 44.2 Å². The Bertz CT molecular complexity index is 193. The molecule has 2 N–H and O–H groups in total. The van der Waals surface area contributed by atoms with Gasteiger partial charge in [-0.15, -0.1) is 0 Å². The molecule has 0 aliphatic heterocycles. The maximum atomic E-state index is 10.6. The summed E-state index contributed by atoms with van der Waals surface area (Å²) >= 11 is 0. The fraction of sp³-hybridized carbons (Fsp3) is 0.889. The lowest BCUT2D eigenvalue weighted by molar-refractivity contribution is 0.000412. The largest absolute Gasteiger partial charge is 0.465 e. The lowest BCUT2D eigenvalue weighted by Gasteiger charge is -2.36. The second kappa shape index (κ2) is 3.54. The lowest BCUT2D eigenvalue weighted by atomic mass is 9.83. The monoisotopic (exact) mass is 187 g/mol. The van der Waals surface area contributed by atoms with Crippen molar-refractivity contribution >= 4 is 6.09 Å². The molecule has 4 heteroatoms. The molecule has 1 rings (SSSR count). The molecule has 0 unspecified atom stereocenters. The number of nitrogens with zero attached hydrogens (tertiary/aromatic N) is 1. The van der Waals surface area contributed by atoms with Crippen molar-refractivity contribution in [1.29, 1.82) is 0 Å². The summed E-state index contributed by atoms with van der Waals surface area (Å²) in [5, 5.41) is 18.4. The van der Waals surface area contributed by atoms with Crippen molar-refractivity contribution in [3.05, 3.63) is 0 Å². The van der Waals surface area contributed by atoms with Crippen LogP contribution in [-0.4, -0.2) is 39.9 Å². The SMILES string of the molecule is CN(C(=O)O)C1CCC(C)(O)CC1. The third-order valence-corrected chi connectivity index (χ3v) is 2.88. The second-order valence-electron chi connectivity index (χ2n) is 4.12. The van der Waals surface area contributed by atoms with Crippen molar-refractivity contribution in [2.75, 3.05) is 7.05 Å². The standard InChI is InChI=1S/C9H17NO3/c1-9(13)5-3-7(4-6-9)10(2)8(11)12/h7,13H,3-6H2,1-2H3,(H,11,12). The van der Waals surface area contributed by atoms with Gasteiger partial charge in [0.2, 0.25) is 0 Å². The van der Waals surface area contributed by atoms with E-state index in [2.05, 4.69) is 0 Å². The molecule has 0 aromatic rings. The Morgan fingerprint density at radius 3 is 2.31 bits per heavy atom. The highest BCUT2D eigenvalue weighted by molar-refractivity contribution is 5.64. The van der Waals surface area contributed by atoms with E-state index >= 15 is 0 Å². The van der Waals surface area contributed by atoms with Crippen LogP contribution in [0.25, 0.3) is 0 Å². The number of hydrogen-bond acceptors (Lipinski definition) is 2. The number of carboxylic acid groups (broad SMARTS) is 1. The highest BCUT2D eigenvalue weighted by Crippen LogP contribution is 2.29. The predicted molar refractivity (Wildman–Crippen MR) is 48.7 cm³/mol. The minimum Gasteiger partial charge on any atom is -0.465 e. The van der Waals surface area contributed by atoms with E-state index < -0.39 is 11.7 Å². The number of hydrogen-bond donors (Lipinski definition) is 2. The second-order valence-corrected chi connectivity index (χ2v) is 4.12. The van der Waals surface area contributed by atoms with Crippen molar-refractivity contribution in [2.24, 2.45) is 0 Å². The minimum absolute atomic E-state index is 0.0812. The molecule has 0 atom stereocenters. The average molecular weight is 187 g/mol. The van der Waals surface area contributed by atoms with Gasteiger partial charge in [0.05, 0.1) is 5.60 Å². The van der Waals surface area contributed by atoms with Crippen LogP contribution in [0.2, 0.25) is 0 Å². The maximum absolute atomic E-state index is 10.6. The molecule has 0 radical (unpaired) electrons. The topological polar surface area (TPSA) is 60.8 Å². The Kier molecular flexibility index (Phi) is 2.81. The Morgan fingerprint density at radius 1 is 1.46 bits per heavy atom. The van der Waals surface area contributed by atoms with E-state index in [-0.39, 0.29) is 6.04 Å². The van der Waals surface area contributed by atoms with E-state index in [1.165, 1.54) is 4.90 Å². The first-order valence-corrected chi connectivity index (χ1v) is 4.60. The highest BCUT2D eigenvalue weighted by Gasteiger charge is 2.31. The fourth-order valence-corrected chi connectivity index (χ4v) is 1.77. The summed E-state index contributed by atoms with van der Waals surface area (Å²) in [6.45, 7) is 1.81. The van der Waals surface area contributed by atoms with E-state index in [0.717, 1.165) is 12.8 Å². The zero-order valence-electron chi connectivity index (χ0n) is 8.16. The highest BCUT2D eigenvalue weighted by atomic mass is 16.4. The van der Waals surface area contributed by atoms with Gasteiger partial charge < -0.3 is 15.1 Å². The molecule has 0 spiro atoms. The van der Waals surface area contributed by atoms with Crippen molar-refractivity contribution < 1.29 is 15.0 Å². The van der Waals surface area contributed by atoms with Crippen LogP contribution < -0.4 is 0 Å². The van der Waals surface area contributed by atoms with E-state index in [1.807, 2.05) is 6.92 Å². The normalized spacial score (nSPS) is 34.2. The Morgan fingerprint density at radius 2 is 1.92 bits per heavy atom. The first-order chi connectivity index (χ1) is 5.92. The summed E-state index contributed by atoms with van der Waals surface area (Å²) in [6, 6.07) is 0.0812. The minimum atomic E-state index is -0.883. The smallest absolute Gasteiger partial charge is 0.407 e. The first kappa shape index (κ1) is 10.3. The Labute approximate surface area is 78.2 Å². The van der Waals surface area contributed by atoms with Crippen LogP contribution in [0.4, 0.5) is 4.79 Å². The molecule has 1 aliphatic carbocycles. The fourth-order valence-electron chi connectivity index (χ4n) is 1.77. The summed E-state index contributed by atoms with van der Waals surface area (Å²) < 4.78 is 0. The van der Waals surface area contributed by atoms with Gasteiger partial charge in [0.1, 0.15) is 0 Å². The quantitative estimate of drug-likeness (QED) is 0.650. The van der Waals surface area contributed by atoms with Crippen LogP contribution in [0.5, 0.6) is 0 Å². The summed E-state index contributed by atoms with van der Waals surface area (Å²) in [4.78, 5) is 12.0. The van der Waals surface area contributed by atoms with E-state index in [4.69, 9.17) is 5.11 Å². The molecule has 1 amide bonds. The predicted octanol–water partition coefficient (Wildman–Crippen LogP) is 1.29. The summed E-state index contributed by atoms with van der Waals surface area (Å²) in [5.74, 6) is 0. The van der Waals surface area contributed by atoms with Gasteiger partial charge in [0.15, 0.2) is 0 Å². The molecule has 13 heavy (non-hydrogen) atoms. The summed E-state index contributed by atoms with van der Waals surface area (Å²) in [7, 11) is 1.59. The van der Waals surface area contributed by atoms with Gasteiger partial charge in [0.25, 0.3) is 0 Å². The summed E-state index contributed by atoms with van der Waals surface area (Å²) in [6.07, 6.45) is 2.02. The zero-order chi connectivity index (χ0) is 10.1. The summed E-state index contributed by atoms with van der Waals surface area (Å²) in [5.41, 5.74) is -0.587. The van der Waals surface area contributed by atoms with Gasteiger partial charge >= 0.3 is 6.09 Å². The van der Waals surface area contributed by atoms with Crippen LogP contribution in [0.1, 0.15) is 32.6 Å². The first-order valence-electron chi connectivity index (χ1n) is 4.60. The van der Waals surface area contributed by atoms with Gasteiger partial charge in [-0.3, -0.25) is 0 Å². The van der Waals surface area contributed by atoms with Crippen LogP contribution in [0.3, 0.4) is 0 Å². The molecule has 4 nitrogen and oxygen atoms in total. The molecule has 1 saturated carbocycles. The number of rotatable bonds is 1. The van der Waals surface area contributed by atoms with E-state index in [9.17, 15) is 9.90 Å². The van der Waals surface area contributed by atoms with Crippen molar-refractivity contribution in [1.82, 2.24) is 4.90 Å². The third kappa shape index (κ3) is 2.59. The molecular formula is C9H17NO3. The molecular weight excluding hydrogens is 170 g/mol.